The van der Waals surface area contributed by atoms with Gasteiger partial charge < -0.3 is 14.6 Å². The standard InChI is InChI=1S/C15H18BrN3O2S/c16-14-4-3-13(22-14)11-18-5-7-19(8-6-18)15(20)17-10-12-2-1-9-21-12/h1-4,9H,5-8,10-11H2,(H,17,20). The van der Waals surface area contributed by atoms with E-state index in [0.717, 1.165) is 38.5 Å². The van der Waals surface area contributed by atoms with Gasteiger partial charge in [0.1, 0.15) is 5.76 Å². The predicted octanol–water partition coefficient (Wildman–Crippen LogP) is 3.13. The van der Waals surface area contributed by atoms with Gasteiger partial charge in [0.05, 0.1) is 16.6 Å². The second-order valence-electron chi connectivity index (χ2n) is 5.21. The molecule has 7 heteroatoms. The molecule has 0 atom stereocenters. The Bertz CT molecular complexity index is 606. The molecule has 0 saturated carbocycles. The lowest BCUT2D eigenvalue weighted by Crippen LogP contribution is -2.51. The lowest BCUT2D eigenvalue weighted by Gasteiger charge is -2.34. The monoisotopic (exact) mass is 383 g/mol. The first-order valence-electron chi connectivity index (χ1n) is 7.22. The van der Waals surface area contributed by atoms with Crippen molar-refractivity contribution in [2.24, 2.45) is 0 Å². The summed E-state index contributed by atoms with van der Waals surface area (Å²) in [6.45, 7) is 4.73. The summed E-state index contributed by atoms with van der Waals surface area (Å²) in [6.07, 6.45) is 1.61. The van der Waals surface area contributed by atoms with Crippen LogP contribution in [0, 0.1) is 0 Å². The average molecular weight is 384 g/mol. The summed E-state index contributed by atoms with van der Waals surface area (Å²) in [5.41, 5.74) is 0. The fourth-order valence-corrected chi connectivity index (χ4v) is 3.98. The molecule has 1 N–H and O–H groups in total. The molecule has 0 aliphatic carbocycles. The van der Waals surface area contributed by atoms with E-state index < -0.39 is 0 Å². The molecule has 0 radical (unpaired) electrons. The number of hydrogen-bond donors (Lipinski definition) is 1. The van der Waals surface area contributed by atoms with E-state index in [1.165, 1.54) is 8.66 Å². The molecule has 1 fully saturated rings. The van der Waals surface area contributed by atoms with Crippen LogP contribution in [0.25, 0.3) is 0 Å². The minimum Gasteiger partial charge on any atom is -0.467 e. The van der Waals surface area contributed by atoms with Crippen molar-refractivity contribution in [2.45, 2.75) is 13.1 Å². The second kappa shape index (κ2) is 7.30. The molecule has 2 aromatic rings. The molecule has 2 aromatic heterocycles. The van der Waals surface area contributed by atoms with Crippen molar-refractivity contribution in [1.29, 1.82) is 0 Å². The van der Waals surface area contributed by atoms with Crippen LogP contribution in [0.5, 0.6) is 0 Å². The molecule has 0 aromatic carbocycles. The Labute approximate surface area is 142 Å². The number of nitrogens with zero attached hydrogens (tertiary/aromatic N) is 2. The zero-order valence-corrected chi connectivity index (χ0v) is 14.5. The fraction of sp³-hybridized carbons (Fsp3) is 0.400. The van der Waals surface area contributed by atoms with E-state index in [4.69, 9.17) is 4.42 Å². The molecular formula is C15H18BrN3O2S. The van der Waals surface area contributed by atoms with E-state index in [1.54, 1.807) is 17.6 Å². The number of urea groups is 1. The molecule has 2 amide bonds. The highest BCUT2D eigenvalue weighted by Crippen LogP contribution is 2.23. The van der Waals surface area contributed by atoms with E-state index in [0.29, 0.717) is 6.54 Å². The number of nitrogens with one attached hydrogen (secondary N) is 1. The lowest BCUT2D eigenvalue weighted by molar-refractivity contribution is 0.135. The van der Waals surface area contributed by atoms with Crippen molar-refractivity contribution in [3.8, 4) is 0 Å². The maximum absolute atomic E-state index is 12.1. The highest BCUT2D eigenvalue weighted by Gasteiger charge is 2.21. The number of carbonyl (C=O) groups is 1. The van der Waals surface area contributed by atoms with Gasteiger partial charge in [0.2, 0.25) is 0 Å². The number of furan rings is 1. The minimum atomic E-state index is -0.0186. The Balaban J connectivity index is 1.42. The molecule has 5 nitrogen and oxygen atoms in total. The number of thiophene rings is 1. The van der Waals surface area contributed by atoms with Gasteiger partial charge in [0, 0.05) is 37.6 Å². The Kier molecular flexibility index (Phi) is 5.17. The maximum Gasteiger partial charge on any atom is 0.317 e. The summed E-state index contributed by atoms with van der Waals surface area (Å²) in [7, 11) is 0. The Morgan fingerprint density at radius 3 is 2.73 bits per heavy atom. The number of amides is 2. The summed E-state index contributed by atoms with van der Waals surface area (Å²) < 4.78 is 6.38. The van der Waals surface area contributed by atoms with Crippen molar-refractivity contribution in [2.75, 3.05) is 26.2 Å². The number of piperazine rings is 1. The van der Waals surface area contributed by atoms with Gasteiger partial charge in [-0.3, -0.25) is 4.90 Å². The second-order valence-corrected chi connectivity index (χ2v) is 7.75. The first-order valence-corrected chi connectivity index (χ1v) is 8.83. The van der Waals surface area contributed by atoms with Gasteiger partial charge in [-0.2, -0.15) is 0 Å². The number of carbonyl (C=O) groups excluding carboxylic acids is 1. The zero-order valence-electron chi connectivity index (χ0n) is 12.1. The SMILES string of the molecule is O=C(NCc1ccco1)N1CCN(Cc2ccc(Br)s2)CC1. The van der Waals surface area contributed by atoms with Gasteiger partial charge >= 0.3 is 6.03 Å². The summed E-state index contributed by atoms with van der Waals surface area (Å²) in [5, 5.41) is 2.89. The Morgan fingerprint density at radius 1 is 1.27 bits per heavy atom. The van der Waals surface area contributed by atoms with Gasteiger partial charge in [0.25, 0.3) is 0 Å². The third-order valence-electron chi connectivity index (χ3n) is 3.66. The first-order chi connectivity index (χ1) is 10.7. The smallest absolute Gasteiger partial charge is 0.317 e. The fourth-order valence-electron chi connectivity index (χ4n) is 2.45. The van der Waals surface area contributed by atoms with Crippen molar-refractivity contribution >= 4 is 33.3 Å². The summed E-state index contributed by atoms with van der Waals surface area (Å²) in [6, 6.07) is 7.89. The van der Waals surface area contributed by atoms with E-state index in [9.17, 15) is 4.79 Å². The van der Waals surface area contributed by atoms with Crippen LogP contribution < -0.4 is 5.32 Å². The van der Waals surface area contributed by atoms with E-state index >= 15 is 0 Å². The largest absolute Gasteiger partial charge is 0.467 e. The zero-order chi connectivity index (χ0) is 15.4. The molecule has 118 valence electrons. The van der Waals surface area contributed by atoms with Crippen LogP contribution in [0.3, 0.4) is 0 Å². The summed E-state index contributed by atoms with van der Waals surface area (Å²) >= 11 is 5.26. The topological polar surface area (TPSA) is 48.7 Å². The first kappa shape index (κ1) is 15.6. The van der Waals surface area contributed by atoms with Crippen LogP contribution >= 0.6 is 27.3 Å². The molecule has 1 aliphatic heterocycles. The van der Waals surface area contributed by atoms with Gasteiger partial charge in [-0.05, 0) is 40.2 Å². The van der Waals surface area contributed by atoms with E-state index in [-0.39, 0.29) is 6.03 Å². The molecule has 0 spiro atoms. The summed E-state index contributed by atoms with van der Waals surface area (Å²) in [4.78, 5) is 17.7. The molecule has 0 bridgehead atoms. The van der Waals surface area contributed by atoms with E-state index in [1.807, 2.05) is 17.0 Å². The summed E-state index contributed by atoms with van der Waals surface area (Å²) in [5.74, 6) is 0.773. The maximum atomic E-state index is 12.1. The normalized spacial score (nSPS) is 16.0. The van der Waals surface area contributed by atoms with Crippen molar-refractivity contribution in [3.05, 3.63) is 45.0 Å². The van der Waals surface area contributed by atoms with Gasteiger partial charge in [-0.25, -0.2) is 4.79 Å². The molecule has 0 unspecified atom stereocenters. The highest BCUT2D eigenvalue weighted by atomic mass is 79.9. The molecular weight excluding hydrogens is 366 g/mol. The highest BCUT2D eigenvalue weighted by molar-refractivity contribution is 9.11. The Hall–Kier alpha value is -1.31. The third kappa shape index (κ3) is 4.12. The van der Waals surface area contributed by atoms with E-state index in [2.05, 4.69) is 38.3 Å². The van der Waals surface area contributed by atoms with Crippen molar-refractivity contribution < 1.29 is 9.21 Å². The van der Waals surface area contributed by atoms with Gasteiger partial charge in [0.15, 0.2) is 0 Å². The minimum absolute atomic E-state index is 0.0186. The molecule has 22 heavy (non-hydrogen) atoms. The number of rotatable bonds is 4. The average Bonchev–Trinajstić information content (AvgIpc) is 3.17. The van der Waals surface area contributed by atoms with Crippen molar-refractivity contribution in [3.63, 3.8) is 0 Å². The number of hydrogen-bond acceptors (Lipinski definition) is 4. The molecule has 3 rings (SSSR count). The quantitative estimate of drug-likeness (QED) is 0.881. The predicted molar refractivity (Wildman–Crippen MR) is 89.8 cm³/mol. The van der Waals surface area contributed by atoms with Crippen LogP contribution in [0.4, 0.5) is 4.79 Å². The van der Waals surface area contributed by atoms with Gasteiger partial charge in [-0.1, -0.05) is 0 Å². The molecule has 3 heterocycles. The van der Waals surface area contributed by atoms with Crippen LogP contribution in [0.15, 0.2) is 38.7 Å². The molecule has 1 saturated heterocycles. The third-order valence-corrected chi connectivity index (χ3v) is 5.27. The van der Waals surface area contributed by atoms with Crippen LogP contribution in [-0.2, 0) is 13.1 Å². The van der Waals surface area contributed by atoms with Crippen molar-refractivity contribution in [1.82, 2.24) is 15.1 Å². The lowest BCUT2D eigenvalue weighted by atomic mass is 10.3. The van der Waals surface area contributed by atoms with Crippen LogP contribution in [-0.4, -0.2) is 42.0 Å². The van der Waals surface area contributed by atoms with Crippen LogP contribution in [0.2, 0.25) is 0 Å². The number of halogens is 1. The van der Waals surface area contributed by atoms with Gasteiger partial charge in [-0.15, -0.1) is 11.3 Å². The van der Waals surface area contributed by atoms with Crippen LogP contribution in [0.1, 0.15) is 10.6 Å². The molecule has 1 aliphatic rings. The Morgan fingerprint density at radius 2 is 2.09 bits per heavy atom.